The summed E-state index contributed by atoms with van der Waals surface area (Å²) in [4.78, 5) is 25.0. The van der Waals surface area contributed by atoms with Crippen LogP contribution in [0.25, 0.3) is 0 Å². The first-order valence-corrected chi connectivity index (χ1v) is 8.71. The molecule has 2 atom stereocenters. The predicted molar refractivity (Wildman–Crippen MR) is 90.5 cm³/mol. The van der Waals surface area contributed by atoms with Crippen molar-refractivity contribution >= 4 is 39.9 Å². The van der Waals surface area contributed by atoms with E-state index in [1.165, 1.54) is 4.90 Å². The van der Waals surface area contributed by atoms with E-state index in [2.05, 4.69) is 5.32 Å². The Bertz CT molecular complexity index is 563. The maximum Gasteiger partial charge on any atom is 0.239 e. The molecule has 0 aliphatic heterocycles. The first-order chi connectivity index (χ1) is 10.3. The Morgan fingerprint density at radius 2 is 1.95 bits per heavy atom. The summed E-state index contributed by atoms with van der Waals surface area (Å²) >= 11 is 5.97. The molecular formula is C15H21ClN2O3S. The van der Waals surface area contributed by atoms with Gasteiger partial charge in [0.2, 0.25) is 11.8 Å². The number of hydrogen-bond acceptors (Lipinski definition) is 3. The number of rotatable bonds is 7. The third-order valence-corrected chi connectivity index (χ3v) is 5.15. The largest absolute Gasteiger partial charge is 0.349 e. The summed E-state index contributed by atoms with van der Waals surface area (Å²) in [6.07, 6.45) is 0.824. The maximum absolute atomic E-state index is 12.1. The van der Waals surface area contributed by atoms with Gasteiger partial charge >= 0.3 is 0 Å². The minimum atomic E-state index is -1.33. The fourth-order valence-corrected chi connectivity index (χ4v) is 2.95. The minimum Gasteiger partial charge on any atom is -0.349 e. The molecule has 2 amide bonds. The van der Waals surface area contributed by atoms with Crippen molar-refractivity contribution in [2.45, 2.75) is 25.0 Å². The molecule has 0 aromatic heterocycles. The molecule has 0 saturated heterocycles. The topological polar surface area (TPSA) is 66.5 Å². The van der Waals surface area contributed by atoms with Crippen molar-refractivity contribution in [1.82, 2.24) is 4.90 Å². The molecule has 0 heterocycles. The van der Waals surface area contributed by atoms with Gasteiger partial charge in [0.1, 0.15) is 5.25 Å². The molecule has 1 aromatic carbocycles. The second-order valence-corrected chi connectivity index (χ2v) is 7.37. The molecule has 122 valence electrons. The van der Waals surface area contributed by atoms with Crippen LogP contribution < -0.4 is 5.32 Å². The van der Waals surface area contributed by atoms with Crippen molar-refractivity contribution < 1.29 is 13.8 Å². The molecule has 1 aromatic rings. The summed E-state index contributed by atoms with van der Waals surface area (Å²) in [6.45, 7) is 1.61. The van der Waals surface area contributed by atoms with Gasteiger partial charge in [0, 0.05) is 37.1 Å². The Balaban J connectivity index is 2.47. The Hall–Kier alpha value is -1.40. The third-order valence-electron chi connectivity index (χ3n) is 3.13. The van der Waals surface area contributed by atoms with Crippen LogP contribution >= 0.6 is 11.6 Å². The lowest BCUT2D eigenvalue weighted by atomic mass is 10.3. The van der Waals surface area contributed by atoms with Gasteiger partial charge in [-0.1, -0.05) is 23.7 Å². The average Bonchev–Trinajstić information content (AvgIpc) is 2.48. The normalized spacial score (nSPS) is 13.3. The van der Waals surface area contributed by atoms with E-state index in [1.54, 1.807) is 45.3 Å². The zero-order valence-corrected chi connectivity index (χ0v) is 14.5. The summed E-state index contributed by atoms with van der Waals surface area (Å²) in [5.41, 5.74) is 0.501. The molecule has 0 aliphatic carbocycles. The molecule has 0 fully saturated rings. The molecule has 0 aliphatic rings. The zero-order chi connectivity index (χ0) is 16.7. The molecule has 0 radical (unpaired) electrons. The number of carbonyl (C=O) groups is 2. The number of nitrogens with one attached hydrogen (secondary N) is 1. The van der Waals surface area contributed by atoms with E-state index in [4.69, 9.17) is 11.6 Å². The van der Waals surface area contributed by atoms with E-state index in [0.29, 0.717) is 29.3 Å². The van der Waals surface area contributed by atoms with Crippen LogP contribution in [0.4, 0.5) is 5.69 Å². The molecule has 5 nitrogen and oxygen atoms in total. The van der Waals surface area contributed by atoms with Crippen LogP contribution in [-0.4, -0.2) is 46.0 Å². The summed E-state index contributed by atoms with van der Waals surface area (Å²) in [7, 11) is 2.03. The highest BCUT2D eigenvalue weighted by atomic mass is 35.5. The van der Waals surface area contributed by atoms with Crippen molar-refractivity contribution in [3.05, 3.63) is 29.3 Å². The number of halogens is 1. The number of anilines is 1. The summed E-state index contributed by atoms with van der Waals surface area (Å²) in [5.74, 6) is -0.0352. The molecule has 0 saturated carbocycles. The van der Waals surface area contributed by atoms with Gasteiger partial charge in [0.05, 0.1) is 10.7 Å². The molecule has 2 unspecified atom stereocenters. The maximum atomic E-state index is 12.1. The first-order valence-electron chi connectivity index (χ1n) is 6.95. The third kappa shape index (κ3) is 5.77. The number of carbonyl (C=O) groups excluding carboxylic acids is 2. The van der Waals surface area contributed by atoms with E-state index < -0.39 is 16.0 Å². The van der Waals surface area contributed by atoms with Crippen molar-refractivity contribution in [2.75, 3.05) is 25.2 Å². The van der Waals surface area contributed by atoms with Crippen LogP contribution in [0.5, 0.6) is 0 Å². The Labute approximate surface area is 138 Å². The van der Waals surface area contributed by atoms with E-state index in [-0.39, 0.29) is 11.8 Å². The van der Waals surface area contributed by atoms with Gasteiger partial charge in [0.15, 0.2) is 0 Å². The van der Waals surface area contributed by atoms with Crippen LogP contribution in [0.2, 0.25) is 5.02 Å². The molecule has 7 heteroatoms. The molecular weight excluding hydrogens is 324 g/mol. The van der Waals surface area contributed by atoms with Gasteiger partial charge in [-0.05, 0) is 25.5 Å². The van der Waals surface area contributed by atoms with Crippen LogP contribution in [0.1, 0.15) is 19.8 Å². The molecule has 0 spiro atoms. The SMILES string of the molecule is CC(C(=O)Nc1ccccc1Cl)S(=O)CCCC(=O)N(C)C. The molecule has 22 heavy (non-hydrogen) atoms. The van der Waals surface area contributed by atoms with Gasteiger partial charge in [-0.3, -0.25) is 13.8 Å². The molecule has 0 bridgehead atoms. The van der Waals surface area contributed by atoms with Gasteiger partial charge in [-0.15, -0.1) is 0 Å². The average molecular weight is 345 g/mol. The summed E-state index contributed by atoms with van der Waals surface area (Å²) < 4.78 is 12.1. The van der Waals surface area contributed by atoms with E-state index in [1.807, 2.05) is 0 Å². The van der Waals surface area contributed by atoms with E-state index in [9.17, 15) is 13.8 Å². The number of nitrogens with zero attached hydrogens (tertiary/aromatic N) is 1. The number of para-hydroxylation sites is 1. The molecule has 1 rings (SSSR count). The van der Waals surface area contributed by atoms with Gasteiger partial charge < -0.3 is 10.2 Å². The van der Waals surface area contributed by atoms with Crippen LogP contribution in [-0.2, 0) is 20.4 Å². The standard InChI is InChI=1S/C15H21ClN2O3S/c1-11(22(21)10-6-9-14(19)18(2)3)15(20)17-13-8-5-4-7-12(13)16/h4-5,7-8,11H,6,9-10H2,1-3H3,(H,17,20). The smallest absolute Gasteiger partial charge is 0.239 e. The zero-order valence-electron chi connectivity index (χ0n) is 13.0. The van der Waals surface area contributed by atoms with E-state index in [0.717, 1.165) is 0 Å². The lowest BCUT2D eigenvalue weighted by Gasteiger charge is -2.13. The van der Waals surface area contributed by atoms with Gasteiger partial charge in [-0.2, -0.15) is 0 Å². The fraction of sp³-hybridized carbons (Fsp3) is 0.467. The fourth-order valence-electron chi connectivity index (χ4n) is 1.68. The predicted octanol–water partition coefficient (Wildman–Crippen LogP) is 2.28. The monoisotopic (exact) mass is 344 g/mol. The highest BCUT2D eigenvalue weighted by Crippen LogP contribution is 2.20. The number of benzene rings is 1. The van der Waals surface area contributed by atoms with Crippen molar-refractivity contribution in [3.8, 4) is 0 Å². The first kappa shape index (κ1) is 18.6. The van der Waals surface area contributed by atoms with E-state index >= 15 is 0 Å². The second-order valence-electron chi connectivity index (χ2n) is 5.09. The van der Waals surface area contributed by atoms with Gasteiger partial charge in [-0.25, -0.2) is 0 Å². The second kappa shape index (κ2) is 8.90. The Morgan fingerprint density at radius 1 is 1.32 bits per heavy atom. The molecule has 1 N–H and O–H groups in total. The van der Waals surface area contributed by atoms with Gasteiger partial charge in [0.25, 0.3) is 0 Å². The number of amides is 2. The highest BCUT2D eigenvalue weighted by molar-refractivity contribution is 7.86. The van der Waals surface area contributed by atoms with Crippen molar-refractivity contribution in [3.63, 3.8) is 0 Å². The Kier molecular flexibility index (Phi) is 7.55. The summed E-state index contributed by atoms with van der Waals surface area (Å²) in [6, 6.07) is 6.88. The highest BCUT2D eigenvalue weighted by Gasteiger charge is 2.20. The van der Waals surface area contributed by atoms with Crippen molar-refractivity contribution in [1.29, 1.82) is 0 Å². The Morgan fingerprint density at radius 3 is 2.55 bits per heavy atom. The van der Waals surface area contributed by atoms with Crippen LogP contribution in [0.3, 0.4) is 0 Å². The lowest BCUT2D eigenvalue weighted by molar-refractivity contribution is -0.128. The van der Waals surface area contributed by atoms with Crippen molar-refractivity contribution in [2.24, 2.45) is 0 Å². The minimum absolute atomic E-state index is 0.00910. The number of hydrogen-bond donors (Lipinski definition) is 1. The lowest BCUT2D eigenvalue weighted by Crippen LogP contribution is -2.30. The van der Waals surface area contributed by atoms with Crippen LogP contribution in [0.15, 0.2) is 24.3 Å². The summed E-state index contributed by atoms with van der Waals surface area (Å²) in [5, 5.41) is 2.44. The van der Waals surface area contributed by atoms with Crippen LogP contribution in [0, 0.1) is 0 Å². The quantitative estimate of drug-likeness (QED) is 0.825.